The summed E-state index contributed by atoms with van der Waals surface area (Å²) in [5, 5.41) is 2.62. The number of rotatable bonds is 3. The second-order valence-electron chi connectivity index (χ2n) is 1.50. The third-order valence-electron chi connectivity index (χ3n) is 0.735. The van der Waals surface area contributed by atoms with E-state index in [9.17, 15) is 4.79 Å². The van der Waals surface area contributed by atoms with Crippen molar-refractivity contribution >= 4 is 5.91 Å². The maximum atomic E-state index is 10.3. The first kappa shape index (κ1) is 11.0. The van der Waals surface area contributed by atoms with Gasteiger partial charge < -0.3 is 10.8 Å². The van der Waals surface area contributed by atoms with Crippen molar-refractivity contribution in [2.75, 3.05) is 6.54 Å². The lowest BCUT2D eigenvalue weighted by Crippen LogP contribution is -2.20. The Kier molecular flexibility index (Phi) is 8.79. The van der Waals surface area contributed by atoms with Crippen molar-refractivity contribution in [2.45, 2.75) is 13.3 Å². The van der Waals surface area contributed by atoms with E-state index in [1.165, 1.54) is 6.08 Å². The van der Waals surface area contributed by atoms with Crippen LogP contribution in [0.1, 0.15) is 13.3 Å². The minimum Gasteiger partial charge on any atom is -0.412 e. The summed E-state index contributed by atoms with van der Waals surface area (Å²) in [6, 6.07) is 0. The molecular weight excluding hydrogens is 118 g/mol. The van der Waals surface area contributed by atoms with Crippen molar-refractivity contribution < 1.29 is 10.3 Å². The molecule has 0 atom stereocenters. The van der Waals surface area contributed by atoms with Gasteiger partial charge in [0.1, 0.15) is 0 Å². The molecule has 54 valence electrons. The van der Waals surface area contributed by atoms with E-state index in [0.29, 0.717) is 0 Å². The molecule has 0 aromatic rings. The van der Waals surface area contributed by atoms with E-state index in [1.807, 2.05) is 6.92 Å². The van der Waals surface area contributed by atoms with Gasteiger partial charge in [-0.05, 0) is 12.5 Å². The molecule has 3 heteroatoms. The lowest BCUT2D eigenvalue weighted by atomic mass is 10.4. The molecular formula is C6H13NO2. The van der Waals surface area contributed by atoms with E-state index in [4.69, 9.17) is 0 Å². The van der Waals surface area contributed by atoms with Gasteiger partial charge in [0.2, 0.25) is 5.91 Å². The molecule has 0 rings (SSSR count). The van der Waals surface area contributed by atoms with E-state index in [0.717, 1.165) is 13.0 Å². The van der Waals surface area contributed by atoms with Crippen LogP contribution >= 0.6 is 0 Å². The van der Waals surface area contributed by atoms with Crippen molar-refractivity contribution in [3.8, 4) is 0 Å². The van der Waals surface area contributed by atoms with Gasteiger partial charge in [-0.15, -0.1) is 0 Å². The smallest absolute Gasteiger partial charge is 0.243 e. The molecule has 1 amide bonds. The van der Waals surface area contributed by atoms with E-state index < -0.39 is 0 Å². The van der Waals surface area contributed by atoms with Gasteiger partial charge in [0.15, 0.2) is 0 Å². The molecule has 0 aliphatic rings. The number of hydrogen-bond acceptors (Lipinski definition) is 1. The van der Waals surface area contributed by atoms with Gasteiger partial charge in [0.05, 0.1) is 0 Å². The monoisotopic (exact) mass is 131 g/mol. The molecule has 3 N–H and O–H groups in total. The van der Waals surface area contributed by atoms with Crippen LogP contribution in [-0.2, 0) is 4.79 Å². The average Bonchev–Trinajstić information content (AvgIpc) is 1.83. The predicted octanol–water partition coefficient (Wildman–Crippen LogP) is -0.126. The number of carbonyl (C=O) groups is 1. The maximum absolute atomic E-state index is 10.3. The highest BCUT2D eigenvalue weighted by Gasteiger charge is 1.86. The van der Waals surface area contributed by atoms with Gasteiger partial charge in [-0.1, -0.05) is 13.5 Å². The van der Waals surface area contributed by atoms with Gasteiger partial charge in [-0.3, -0.25) is 4.79 Å². The van der Waals surface area contributed by atoms with E-state index in [-0.39, 0.29) is 11.4 Å². The van der Waals surface area contributed by atoms with Crippen LogP contribution in [0.25, 0.3) is 0 Å². The summed E-state index contributed by atoms with van der Waals surface area (Å²) in [5.41, 5.74) is 0. The Bertz CT molecular complexity index is 91.1. The predicted molar refractivity (Wildman–Crippen MR) is 37.1 cm³/mol. The Morgan fingerprint density at radius 1 is 1.78 bits per heavy atom. The fraction of sp³-hybridized carbons (Fsp3) is 0.500. The summed E-state index contributed by atoms with van der Waals surface area (Å²) in [6.45, 7) is 6.05. The number of carbonyl (C=O) groups excluding carboxylic acids is 1. The Labute approximate surface area is 55.1 Å². The minimum atomic E-state index is -0.0909. The van der Waals surface area contributed by atoms with E-state index in [1.54, 1.807) is 0 Å². The molecule has 0 heterocycles. The van der Waals surface area contributed by atoms with Crippen LogP contribution in [-0.4, -0.2) is 17.9 Å². The summed E-state index contributed by atoms with van der Waals surface area (Å²) in [7, 11) is 0. The molecule has 9 heavy (non-hydrogen) atoms. The molecule has 0 saturated heterocycles. The summed E-state index contributed by atoms with van der Waals surface area (Å²) < 4.78 is 0. The normalized spacial score (nSPS) is 7.22. The van der Waals surface area contributed by atoms with Crippen LogP contribution in [0, 0.1) is 0 Å². The maximum Gasteiger partial charge on any atom is 0.243 e. The third-order valence-corrected chi connectivity index (χ3v) is 0.735. The highest BCUT2D eigenvalue weighted by molar-refractivity contribution is 5.86. The van der Waals surface area contributed by atoms with Crippen molar-refractivity contribution in [1.29, 1.82) is 0 Å². The van der Waals surface area contributed by atoms with Crippen LogP contribution in [0.5, 0.6) is 0 Å². The average molecular weight is 131 g/mol. The van der Waals surface area contributed by atoms with E-state index in [2.05, 4.69) is 11.9 Å². The van der Waals surface area contributed by atoms with Gasteiger partial charge in [-0.25, -0.2) is 0 Å². The Morgan fingerprint density at radius 2 is 2.33 bits per heavy atom. The Morgan fingerprint density at radius 3 is 2.67 bits per heavy atom. The van der Waals surface area contributed by atoms with Crippen LogP contribution in [0.15, 0.2) is 12.7 Å². The van der Waals surface area contributed by atoms with Gasteiger partial charge in [0, 0.05) is 6.54 Å². The SMILES string of the molecule is C=CC(=O)NCCC.O. The lowest BCUT2D eigenvalue weighted by molar-refractivity contribution is -0.116. The molecule has 0 aromatic carbocycles. The van der Waals surface area contributed by atoms with Crippen molar-refractivity contribution in [2.24, 2.45) is 0 Å². The molecule has 0 aliphatic heterocycles. The first-order valence-corrected chi connectivity index (χ1v) is 2.71. The van der Waals surface area contributed by atoms with Crippen LogP contribution in [0.4, 0.5) is 0 Å². The van der Waals surface area contributed by atoms with Crippen LogP contribution in [0.2, 0.25) is 0 Å². The van der Waals surface area contributed by atoms with Gasteiger partial charge in [0.25, 0.3) is 0 Å². The van der Waals surface area contributed by atoms with E-state index >= 15 is 0 Å². The third kappa shape index (κ3) is 7.17. The number of amides is 1. The molecule has 0 spiro atoms. The Hall–Kier alpha value is -0.830. The molecule has 0 aliphatic carbocycles. The van der Waals surface area contributed by atoms with Crippen LogP contribution < -0.4 is 5.32 Å². The lowest BCUT2D eigenvalue weighted by Gasteiger charge is -1.94. The summed E-state index contributed by atoms with van der Waals surface area (Å²) in [5.74, 6) is -0.0909. The first-order chi connectivity index (χ1) is 3.81. The zero-order valence-electron chi connectivity index (χ0n) is 5.61. The second kappa shape index (κ2) is 7.17. The summed E-state index contributed by atoms with van der Waals surface area (Å²) in [6.07, 6.45) is 2.25. The molecule has 0 fully saturated rings. The largest absolute Gasteiger partial charge is 0.412 e. The molecule has 0 saturated carbocycles. The second-order valence-corrected chi connectivity index (χ2v) is 1.50. The number of hydrogen-bond donors (Lipinski definition) is 1. The highest BCUT2D eigenvalue weighted by atomic mass is 16.1. The quantitative estimate of drug-likeness (QED) is 0.533. The highest BCUT2D eigenvalue weighted by Crippen LogP contribution is 1.70. The van der Waals surface area contributed by atoms with Gasteiger partial charge >= 0.3 is 0 Å². The van der Waals surface area contributed by atoms with Crippen LogP contribution in [0.3, 0.4) is 0 Å². The molecule has 0 unspecified atom stereocenters. The molecule has 0 aromatic heterocycles. The van der Waals surface area contributed by atoms with Crippen molar-refractivity contribution in [1.82, 2.24) is 5.32 Å². The van der Waals surface area contributed by atoms with Crippen molar-refractivity contribution in [3.05, 3.63) is 12.7 Å². The standard InChI is InChI=1S/C6H11NO.H2O/c1-3-5-7-6(8)4-2;/h4H,2-3,5H2,1H3,(H,7,8);1H2. The Balaban J connectivity index is 0. The summed E-state index contributed by atoms with van der Waals surface area (Å²) >= 11 is 0. The molecule has 0 radical (unpaired) electrons. The van der Waals surface area contributed by atoms with Gasteiger partial charge in [-0.2, -0.15) is 0 Å². The topological polar surface area (TPSA) is 60.6 Å². The fourth-order valence-electron chi connectivity index (χ4n) is 0.320. The fourth-order valence-corrected chi connectivity index (χ4v) is 0.320. The zero-order chi connectivity index (χ0) is 6.41. The first-order valence-electron chi connectivity index (χ1n) is 2.71. The van der Waals surface area contributed by atoms with Crippen molar-refractivity contribution in [3.63, 3.8) is 0 Å². The number of nitrogens with one attached hydrogen (secondary N) is 1. The minimum absolute atomic E-state index is 0. The molecule has 3 nitrogen and oxygen atoms in total. The zero-order valence-corrected chi connectivity index (χ0v) is 5.61. The molecule has 0 bridgehead atoms. The summed E-state index contributed by atoms with van der Waals surface area (Å²) in [4.78, 5) is 10.3.